The molecule has 0 saturated carbocycles. The zero-order valence-electron chi connectivity index (χ0n) is 13.5. The van der Waals surface area contributed by atoms with Crippen LogP contribution < -0.4 is 10.1 Å². The summed E-state index contributed by atoms with van der Waals surface area (Å²) in [4.78, 5) is 12.4. The number of carbonyl (C=O) groups excluding carboxylic acids is 1. The summed E-state index contributed by atoms with van der Waals surface area (Å²) in [5, 5.41) is 7.95. The van der Waals surface area contributed by atoms with Crippen molar-refractivity contribution in [2.75, 3.05) is 5.32 Å². The molecule has 1 N–H and O–H groups in total. The fraction of sp³-hybridized carbons (Fsp3) is 0.375. The van der Waals surface area contributed by atoms with Crippen LogP contribution in [0.15, 0.2) is 24.4 Å². The van der Waals surface area contributed by atoms with Crippen molar-refractivity contribution in [2.45, 2.75) is 39.3 Å². The zero-order chi connectivity index (χ0) is 17.9. The Bertz CT molecular complexity index is 733. The van der Waals surface area contributed by atoms with Gasteiger partial charge in [-0.05, 0) is 26.3 Å². The number of amides is 1. The van der Waals surface area contributed by atoms with E-state index in [1.54, 1.807) is 23.9 Å². The molecule has 0 aliphatic heterocycles. The lowest BCUT2D eigenvalue weighted by atomic mass is 10.3. The first-order valence-electron chi connectivity index (χ1n) is 7.49. The highest BCUT2D eigenvalue weighted by Crippen LogP contribution is 2.34. The Morgan fingerprint density at radius 3 is 2.58 bits per heavy atom. The maximum Gasteiger partial charge on any atom is 0.266 e. The van der Waals surface area contributed by atoms with E-state index in [0.717, 1.165) is 6.42 Å². The Kier molecular flexibility index (Phi) is 6.38. The second-order valence-corrected chi connectivity index (χ2v) is 6.59. The SMILES string of the molecule is CC[C@H](C)n1nccc1NC(=O)[C@@H](C)Oc1cc(Cl)c(Cl)cc1Cl. The molecule has 0 saturated heterocycles. The summed E-state index contributed by atoms with van der Waals surface area (Å²) in [7, 11) is 0. The zero-order valence-corrected chi connectivity index (χ0v) is 15.8. The number of benzene rings is 1. The Hall–Kier alpha value is -1.43. The number of nitrogens with one attached hydrogen (secondary N) is 1. The van der Waals surface area contributed by atoms with Crippen LogP contribution >= 0.6 is 34.8 Å². The number of nitrogens with zero attached hydrogens (tertiary/aromatic N) is 2. The Morgan fingerprint density at radius 2 is 1.92 bits per heavy atom. The molecule has 1 aromatic carbocycles. The van der Waals surface area contributed by atoms with E-state index in [1.807, 2.05) is 6.92 Å². The smallest absolute Gasteiger partial charge is 0.266 e. The minimum Gasteiger partial charge on any atom is -0.479 e. The van der Waals surface area contributed by atoms with Gasteiger partial charge < -0.3 is 10.1 Å². The number of ether oxygens (including phenoxy) is 1. The molecule has 2 aromatic rings. The lowest BCUT2D eigenvalue weighted by Gasteiger charge is -2.18. The predicted octanol–water partition coefficient (Wildman–Crippen LogP) is 5.22. The number of rotatable bonds is 6. The van der Waals surface area contributed by atoms with Crippen molar-refractivity contribution in [3.63, 3.8) is 0 Å². The van der Waals surface area contributed by atoms with Crippen LogP contribution in [0.2, 0.25) is 15.1 Å². The summed E-state index contributed by atoms with van der Waals surface area (Å²) in [5.74, 6) is 0.594. The molecule has 0 bridgehead atoms. The summed E-state index contributed by atoms with van der Waals surface area (Å²) in [6, 6.07) is 4.88. The summed E-state index contributed by atoms with van der Waals surface area (Å²) in [6.45, 7) is 5.70. The molecule has 1 aromatic heterocycles. The highest BCUT2D eigenvalue weighted by molar-refractivity contribution is 6.43. The largest absolute Gasteiger partial charge is 0.479 e. The summed E-state index contributed by atoms with van der Waals surface area (Å²) < 4.78 is 7.36. The van der Waals surface area contributed by atoms with Gasteiger partial charge in [0.05, 0.1) is 27.3 Å². The molecule has 8 heteroatoms. The van der Waals surface area contributed by atoms with Gasteiger partial charge in [0, 0.05) is 12.1 Å². The second kappa shape index (κ2) is 8.10. The molecule has 0 aliphatic rings. The van der Waals surface area contributed by atoms with Gasteiger partial charge in [-0.25, -0.2) is 4.68 Å². The normalized spacial score (nSPS) is 13.4. The second-order valence-electron chi connectivity index (χ2n) is 5.36. The average molecular weight is 391 g/mol. The molecule has 5 nitrogen and oxygen atoms in total. The van der Waals surface area contributed by atoms with E-state index >= 15 is 0 Å². The highest BCUT2D eigenvalue weighted by atomic mass is 35.5. The number of anilines is 1. The van der Waals surface area contributed by atoms with Gasteiger partial charge in [0.25, 0.3) is 5.91 Å². The van der Waals surface area contributed by atoms with E-state index in [-0.39, 0.29) is 17.0 Å². The third-order valence-electron chi connectivity index (χ3n) is 3.58. The van der Waals surface area contributed by atoms with Crippen molar-refractivity contribution < 1.29 is 9.53 Å². The van der Waals surface area contributed by atoms with E-state index in [4.69, 9.17) is 39.5 Å². The molecule has 24 heavy (non-hydrogen) atoms. The van der Waals surface area contributed by atoms with Crippen LogP contribution in [0.3, 0.4) is 0 Å². The molecule has 2 atom stereocenters. The van der Waals surface area contributed by atoms with E-state index in [0.29, 0.717) is 21.6 Å². The lowest BCUT2D eigenvalue weighted by molar-refractivity contribution is -0.122. The van der Waals surface area contributed by atoms with Crippen LogP contribution in [0, 0.1) is 0 Å². The van der Waals surface area contributed by atoms with Gasteiger partial charge in [0.15, 0.2) is 6.10 Å². The van der Waals surface area contributed by atoms with E-state index in [1.165, 1.54) is 12.1 Å². The standard InChI is InChI=1S/C16H18Cl3N3O2/c1-4-9(2)22-15(5-6-20-22)21-16(23)10(3)24-14-8-12(18)11(17)7-13(14)19/h5-10H,4H2,1-3H3,(H,21,23)/t9-,10+/m0/s1. The first kappa shape index (κ1) is 18.9. The topological polar surface area (TPSA) is 56.2 Å². The van der Waals surface area contributed by atoms with Crippen LogP contribution in [-0.2, 0) is 4.79 Å². The molecule has 0 unspecified atom stereocenters. The monoisotopic (exact) mass is 389 g/mol. The first-order chi connectivity index (χ1) is 11.3. The number of carbonyl (C=O) groups is 1. The van der Waals surface area contributed by atoms with Crippen LogP contribution in [-0.4, -0.2) is 21.8 Å². The number of hydrogen-bond donors (Lipinski definition) is 1. The molecule has 2 rings (SSSR count). The lowest BCUT2D eigenvalue weighted by Crippen LogP contribution is -2.31. The molecular weight excluding hydrogens is 373 g/mol. The molecule has 1 heterocycles. The van der Waals surface area contributed by atoms with Gasteiger partial charge in [0.2, 0.25) is 0 Å². The molecular formula is C16H18Cl3N3O2. The minimum atomic E-state index is -0.778. The van der Waals surface area contributed by atoms with Gasteiger partial charge >= 0.3 is 0 Å². The van der Waals surface area contributed by atoms with Crippen molar-refractivity contribution in [3.8, 4) is 5.75 Å². The van der Waals surface area contributed by atoms with E-state index in [9.17, 15) is 4.79 Å². The molecule has 0 aliphatic carbocycles. The fourth-order valence-corrected chi connectivity index (χ4v) is 2.59. The fourth-order valence-electron chi connectivity index (χ4n) is 2.00. The summed E-state index contributed by atoms with van der Waals surface area (Å²) >= 11 is 17.9. The maximum atomic E-state index is 12.4. The molecule has 0 fully saturated rings. The van der Waals surface area contributed by atoms with Crippen LogP contribution in [0.1, 0.15) is 33.2 Å². The molecule has 0 spiro atoms. The number of halogens is 3. The third kappa shape index (κ3) is 4.35. The Morgan fingerprint density at radius 1 is 1.25 bits per heavy atom. The average Bonchev–Trinajstić information content (AvgIpc) is 2.99. The third-order valence-corrected chi connectivity index (χ3v) is 4.60. The van der Waals surface area contributed by atoms with Gasteiger partial charge in [-0.15, -0.1) is 0 Å². The van der Waals surface area contributed by atoms with Crippen molar-refractivity contribution >= 4 is 46.5 Å². The first-order valence-corrected chi connectivity index (χ1v) is 8.62. The van der Waals surface area contributed by atoms with Crippen molar-refractivity contribution in [3.05, 3.63) is 39.5 Å². The predicted molar refractivity (Wildman–Crippen MR) is 97.4 cm³/mol. The maximum absolute atomic E-state index is 12.4. The molecule has 1 amide bonds. The van der Waals surface area contributed by atoms with Gasteiger partial charge in [0.1, 0.15) is 11.6 Å². The van der Waals surface area contributed by atoms with Crippen molar-refractivity contribution in [2.24, 2.45) is 0 Å². The molecule has 0 radical (unpaired) electrons. The summed E-state index contributed by atoms with van der Waals surface area (Å²) in [6.07, 6.45) is 1.76. The molecule has 130 valence electrons. The van der Waals surface area contributed by atoms with Crippen molar-refractivity contribution in [1.29, 1.82) is 0 Å². The van der Waals surface area contributed by atoms with Crippen LogP contribution in [0.25, 0.3) is 0 Å². The van der Waals surface area contributed by atoms with E-state index < -0.39 is 6.10 Å². The minimum absolute atomic E-state index is 0.177. The van der Waals surface area contributed by atoms with Crippen molar-refractivity contribution in [1.82, 2.24) is 9.78 Å². The number of hydrogen-bond acceptors (Lipinski definition) is 3. The summed E-state index contributed by atoms with van der Waals surface area (Å²) in [5.41, 5.74) is 0. The Balaban J connectivity index is 2.08. The Labute approximate surface area is 155 Å². The number of aromatic nitrogens is 2. The van der Waals surface area contributed by atoms with Gasteiger partial charge in [-0.1, -0.05) is 41.7 Å². The van der Waals surface area contributed by atoms with Crippen LogP contribution in [0.5, 0.6) is 5.75 Å². The van der Waals surface area contributed by atoms with Crippen LogP contribution in [0.4, 0.5) is 5.82 Å². The highest BCUT2D eigenvalue weighted by Gasteiger charge is 2.19. The van der Waals surface area contributed by atoms with E-state index in [2.05, 4.69) is 17.3 Å². The van der Waals surface area contributed by atoms with Gasteiger partial charge in [-0.3, -0.25) is 4.79 Å². The van der Waals surface area contributed by atoms with Gasteiger partial charge in [-0.2, -0.15) is 5.10 Å². The quantitative estimate of drug-likeness (QED) is 0.688.